The van der Waals surface area contributed by atoms with Gasteiger partial charge in [0.05, 0.1) is 25.5 Å². The van der Waals surface area contributed by atoms with Crippen LogP contribution in [-0.4, -0.2) is 34.9 Å². The van der Waals surface area contributed by atoms with Crippen molar-refractivity contribution in [2.75, 3.05) is 24.9 Å². The van der Waals surface area contributed by atoms with Crippen molar-refractivity contribution in [3.8, 4) is 11.5 Å². The number of carbonyl (C=O) groups excluding carboxylic acids is 1. The van der Waals surface area contributed by atoms with E-state index in [1.165, 1.54) is 11.8 Å². The van der Waals surface area contributed by atoms with Crippen LogP contribution in [0.25, 0.3) is 0 Å². The van der Waals surface area contributed by atoms with Crippen LogP contribution in [0.4, 0.5) is 11.6 Å². The molecule has 1 atom stereocenters. The smallest absolute Gasteiger partial charge is 0.255 e. The lowest BCUT2D eigenvalue weighted by Crippen LogP contribution is -2.31. The van der Waals surface area contributed by atoms with Crippen molar-refractivity contribution in [1.29, 1.82) is 0 Å². The summed E-state index contributed by atoms with van der Waals surface area (Å²) < 4.78 is 12.5. The van der Waals surface area contributed by atoms with Gasteiger partial charge >= 0.3 is 0 Å². The average molecular weight is 548 g/mol. The first-order chi connectivity index (χ1) is 18.5. The molecule has 0 saturated carbocycles. The van der Waals surface area contributed by atoms with Crippen molar-refractivity contribution in [3.63, 3.8) is 0 Å². The Kier molecular flexibility index (Phi) is 7.57. The number of ether oxygens (including phenoxy) is 2. The van der Waals surface area contributed by atoms with Crippen molar-refractivity contribution in [2.45, 2.75) is 23.9 Å². The maximum absolute atomic E-state index is 13.7. The van der Waals surface area contributed by atoms with Gasteiger partial charge in [-0.05, 0) is 54.4 Å². The van der Waals surface area contributed by atoms with Gasteiger partial charge in [-0.2, -0.15) is 4.98 Å². The van der Waals surface area contributed by atoms with Crippen molar-refractivity contribution in [3.05, 3.63) is 100 Å². The molecule has 0 aliphatic carbocycles. The first-order valence-corrected chi connectivity index (χ1v) is 13.2. The van der Waals surface area contributed by atoms with Crippen LogP contribution in [0.2, 0.25) is 5.02 Å². The number of aromatic nitrogens is 3. The molecule has 0 bridgehead atoms. The number of halogens is 1. The minimum atomic E-state index is -0.543. The second kappa shape index (κ2) is 11.2. The number of hydrogen-bond acceptors (Lipinski definition) is 7. The molecule has 1 aliphatic heterocycles. The zero-order valence-electron chi connectivity index (χ0n) is 21.1. The summed E-state index contributed by atoms with van der Waals surface area (Å²) in [6.07, 6.45) is 0. The van der Waals surface area contributed by atoms with Crippen molar-refractivity contribution in [2.24, 2.45) is 0 Å². The van der Waals surface area contributed by atoms with Gasteiger partial charge in [-0.1, -0.05) is 59.8 Å². The number of allylic oxidation sites excluding steroid dienone is 1. The van der Waals surface area contributed by atoms with E-state index in [-0.39, 0.29) is 5.91 Å². The first kappa shape index (κ1) is 25.7. The average Bonchev–Trinajstić information content (AvgIpc) is 3.33. The Morgan fingerprint density at radius 2 is 1.89 bits per heavy atom. The zero-order valence-corrected chi connectivity index (χ0v) is 22.6. The van der Waals surface area contributed by atoms with Gasteiger partial charge in [0, 0.05) is 16.5 Å². The molecule has 194 valence electrons. The van der Waals surface area contributed by atoms with E-state index in [0.29, 0.717) is 44.6 Å². The SMILES string of the molecule is COc1cccc(CSc2nc3n(n2)[C@@H](c2cccc(Cl)c2)C(C(=O)Nc2ccccc2OC)=C(C)N3)c1. The predicted octanol–water partition coefficient (Wildman–Crippen LogP) is 6.17. The molecular formula is C28H26ClN5O3S. The number of amides is 1. The topological polar surface area (TPSA) is 90.3 Å². The summed E-state index contributed by atoms with van der Waals surface area (Å²) in [5.74, 6) is 2.30. The van der Waals surface area contributed by atoms with Crippen molar-refractivity contribution < 1.29 is 14.3 Å². The molecule has 1 aromatic heterocycles. The molecule has 2 heterocycles. The number of carbonyl (C=O) groups is 1. The van der Waals surface area contributed by atoms with Gasteiger partial charge in [0.25, 0.3) is 5.91 Å². The fourth-order valence-corrected chi connectivity index (χ4v) is 5.29. The molecule has 2 N–H and O–H groups in total. The van der Waals surface area contributed by atoms with Gasteiger partial charge in [0.1, 0.15) is 17.5 Å². The summed E-state index contributed by atoms with van der Waals surface area (Å²) in [5.41, 5.74) is 3.65. The van der Waals surface area contributed by atoms with E-state index < -0.39 is 6.04 Å². The molecule has 0 fully saturated rings. The van der Waals surface area contributed by atoms with Crippen LogP contribution < -0.4 is 20.1 Å². The minimum Gasteiger partial charge on any atom is -0.497 e. The minimum absolute atomic E-state index is 0.281. The maximum atomic E-state index is 13.7. The molecule has 1 aliphatic rings. The third kappa shape index (κ3) is 5.34. The van der Waals surface area contributed by atoms with E-state index in [9.17, 15) is 4.79 Å². The second-order valence-electron chi connectivity index (χ2n) is 8.58. The number of benzene rings is 3. The summed E-state index contributed by atoms with van der Waals surface area (Å²) >= 11 is 7.87. The Morgan fingerprint density at radius 3 is 2.68 bits per heavy atom. The molecule has 3 aromatic carbocycles. The lowest BCUT2D eigenvalue weighted by Gasteiger charge is -2.29. The van der Waals surface area contributed by atoms with Crippen LogP contribution in [0.3, 0.4) is 0 Å². The van der Waals surface area contributed by atoms with Crippen LogP contribution in [0, 0.1) is 0 Å². The molecule has 0 unspecified atom stereocenters. The van der Waals surface area contributed by atoms with E-state index >= 15 is 0 Å². The quantitative estimate of drug-likeness (QED) is 0.255. The molecule has 5 rings (SSSR count). The van der Waals surface area contributed by atoms with Gasteiger partial charge in [0.2, 0.25) is 11.1 Å². The highest BCUT2D eigenvalue weighted by Crippen LogP contribution is 2.38. The second-order valence-corrected chi connectivity index (χ2v) is 9.96. The summed E-state index contributed by atoms with van der Waals surface area (Å²) in [6.45, 7) is 1.86. The fourth-order valence-electron chi connectivity index (χ4n) is 4.32. The number of para-hydroxylation sites is 2. The van der Waals surface area contributed by atoms with E-state index in [0.717, 1.165) is 16.9 Å². The molecule has 38 heavy (non-hydrogen) atoms. The van der Waals surface area contributed by atoms with E-state index in [1.54, 1.807) is 37.1 Å². The van der Waals surface area contributed by atoms with Gasteiger partial charge in [-0.25, -0.2) is 4.68 Å². The Morgan fingerprint density at radius 1 is 1.08 bits per heavy atom. The lowest BCUT2D eigenvalue weighted by atomic mass is 9.95. The fraction of sp³-hybridized carbons (Fsp3) is 0.179. The van der Waals surface area contributed by atoms with Gasteiger partial charge in [0.15, 0.2) is 0 Å². The number of anilines is 2. The number of nitrogens with zero attached hydrogens (tertiary/aromatic N) is 3. The van der Waals surface area contributed by atoms with Gasteiger partial charge in [-0.15, -0.1) is 5.10 Å². The van der Waals surface area contributed by atoms with Crippen LogP contribution in [0.15, 0.2) is 89.2 Å². The third-order valence-corrected chi connectivity index (χ3v) is 7.24. The highest BCUT2D eigenvalue weighted by Gasteiger charge is 2.34. The van der Waals surface area contributed by atoms with Crippen LogP contribution in [0.5, 0.6) is 11.5 Å². The van der Waals surface area contributed by atoms with E-state index in [1.807, 2.05) is 61.5 Å². The molecular weight excluding hydrogens is 522 g/mol. The lowest BCUT2D eigenvalue weighted by molar-refractivity contribution is -0.113. The maximum Gasteiger partial charge on any atom is 0.255 e. The van der Waals surface area contributed by atoms with Crippen LogP contribution >= 0.6 is 23.4 Å². The highest BCUT2D eigenvalue weighted by molar-refractivity contribution is 7.98. The van der Waals surface area contributed by atoms with Gasteiger partial charge in [-0.3, -0.25) is 4.79 Å². The summed E-state index contributed by atoms with van der Waals surface area (Å²) in [4.78, 5) is 18.4. The number of fused-ring (bicyclic) bond motifs is 1. The molecule has 0 spiro atoms. The number of methoxy groups -OCH3 is 2. The molecule has 1 amide bonds. The zero-order chi connectivity index (χ0) is 26.6. The number of hydrogen-bond donors (Lipinski definition) is 2. The Hall–Kier alpha value is -3.95. The first-order valence-electron chi connectivity index (χ1n) is 11.9. The highest BCUT2D eigenvalue weighted by atomic mass is 35.5. The third-order valence-electron chi connectivity index (χ3n) is 6.10. The monoisotopic (exact) mass is 547 g/mol. The largest absolute Gasteiger partial charge is 0.497 e. The van der Waals surface area contributed by atoms with E-state index in [2.05, 4.69) is 10.6 Å². The molecule has 10 heteroatoms. The summed E-state index contributed by atoms with van der Waals surface area (Å²) in [5, 5.41) is 12.2. The van der Waals surface area contributed by atoms with Crippen molar-refractivity contribution >= 4 is 40.9 Å². The molecule has 0 radical (unpaired) electrons. The normalized spacial score (nSPS) is 14.5. The number of thioether (sulfide) groups is 1. The van der Waals surface area contributed by atoms with Gasteiger partial charge < -0.3 is 20.1 Å². The van der Waals surface area contributed by atoms with Crippen molar-refractivity contribution in [1.82, 2.24) is 14.8 Å². The Balaban J connectivity index is 1.48. The standard InChI is InChI=1S/C28H26ClN5O3S/c1-17-24(26(35)31-22-12-4-5-13-23(22)37-3)25(19-9-7-10-20(29)15-19)34-27(30-17)32-28(33-34)38-16-18-8-6-11-21(14-18)36-2/h4-15,25H,16H2,1-3H3,(H,31,35)(H,30,32,33)/t25-/m0/s1. The molecule has 0 saturated heterocycles. The summed E-state index contributed by atoms with van der Waals surface area (Å²) in [7, 11) is 3.22. The number of rotatable bonds is 8. The molecule has 4 aromatic rings. The molecule has 8 nitrogen and oxygen atoms in total. The summed E-state index contributed by atoms with van der Waals surface area (Å²) in [6, 6.07) is 22.1. The number of nitrogens with one attached hydrogen (secondary N) is 2. The van der Waals surface area contributed by atoms with Crippen LogP contribution in [-0.2, 0) is 10.5 Å². The Bertz CT molecular complexity index is 1520. The Labute approximate surface area is 230 Å². The van der Waals surface area contributed by atoms with E-state index in [4.69, 9.17) is 31.2 Å². The predicted molar refractivity (Wildman–Crippen MR) is 150 cm³/mol. The van der Waals surface area contributed by atoms with Crippen LogP contribution in [0.1, 0.15) is 24.1 Å².